The van der Waals surface area contributed by atoms with E-state index in [2.05, 4.69) is 5.32 Å². The maximum Gasteiger partial charge on any atom is 0.282 e. The summed E-state index contributed by atoms with van der Waals surface area (Å²) in [5, 5.41) is 2.27. The fraction of sp³-hybridized carbons (Fsp3) is 0.632. The van der Waals surface area contributed by atoms with Crippen LogP contribution in [0.5, 0.6) is 0 Å². The largest absolute Gasteiger partial charge is 0.322 e. The lowest BCUT2D eigenvalue weighted by Crippen LogP contribution is -2.56. The second-order valence-electron chi connectivity index (χ2n) is 7.64. The van der Waals surface area contributed by atoms with Gasteiger partial charge < -0.3 is 5.32 Å². The maximum atomic E-state index is 13.8. The molecule has 0 aliphatic carbocycles. The fourth-order valence-electron chi connectivity index (χ4n) is 3.78. The summed E-state index contributed by atoms with van der Waals surface area (Å²) in [4.78, 5) is 14.2. The number of piperazine rings is 1. The van der Waals surface area contributed by atoms with Gasteiger partial charge in [-0.3, -0.25) is 9.69 Å². The molecule has 2 fully saturated rings. The predicted octanol–water partition coefficient (Wildman–Crippen LogP) is 2.17. The van der Waals surface area contributed by atoms with Crippen molar-refractivity contribution in [3.8, 4) is 0 Å². The van der Waals surface area contributed by atoms with Crippen LogP contribution in [0.25, 0.3) is 0 Å². The summed E-state index contributed by atoms with van der Waals surface area (Å²) in [6.07, 6.45) is 3.78. The molecule has 1 unspecified atom stereocenters. The van der Waals surface area contributed by atoms with Crippen molar-refractivity contribution in [3.05, 3.63) is 29.6 Å². The topological polar surface area (TPSA) is 73.0 Å². The van der Waals surface area contributed by atoms with Crippen molar-refractivity contribution in [2.24, 2.45) is 0 Å². The number of benzene rings is 1. The number of nitrogens with zero attached hydrogens (tertiary/aromatic N) is 3. The quantitative estimate of drug-likeness (QED) is 0.701. The van der Waals surface area contributed by atoms with E-state index >= 15 is 0 Å². The van der Waals surface area contributed by atoms with Gasteiger partial charge in [0.2, 0.25) is 5.91 Å². The minimum absolute atomic E-state index is 0.246. The van der Waals surface area contributed by atoms with Crippen LogP contribution in [0.3, 0.4) is 0 Å². The van der Waals surface area contributed by atoms with Crippen LogP contribution in [0.15, 0.2) is 12.1 Å². The Hall–Kier alpha value is -1.69. The Morgan fingerprint density at radius 1 is 0.900 bits per heavy atom. The van der Waals surface area contributed by atoms with Crippen LogP contribution in [0.1, 0.15) is 32.6 Å². The highest BCUT2D eigenvalue weighted by Gasteiger charge is 2.34. The molecule has 0 aromatic heterocycles. The van der Waals surface area contributed by atoms with E-state index in [4.69, 9.17) is 0 Å². The smallest absolute Gasteiger partial charge is 0.282 e. The standard InChI is InChI=1S/C19H27F3N4O3S/c1-14(19(27)23-16-7-6-15(20)17(21)18(16)22)24-10-12-26(13-11-24)30(28,29)25-8-4-2-3-5-9-25/h6-7,14H,2-5,8-13H2,1H3,(H,23,27). The Morgan fingerprint density at radius 3 is 2.07 bits per heavy atom. The number of nitrogens with one attached hydrogen (secondary N) is 1. The Morgan fingerprint density at radius 2 is 1.47 bits per heavy atom. The van der Waals surface area contributed by atoms with Crippen molar-refractivity contribution in [1.82, 2.24) is 13.5 Å². The van der Waals surface area contributed by atoms with E-state index in [9.17, 15) is 26.4 Å². The molecule has 1 amide bonds. The van der Waals surface area contributed by atoms with E-state index in [1.807, 2.05) is 0 Å². The lowest BCUT2D eigenvalue weighted by atomic mass is 10.2. The number of carbonyl (C=O) groups is 1. The molecule has 2 heterocycles. The normalized spacial score (nSPS) is 21.2. The van der Waals surface area contributed by atoms with Gasteiger partial charge in [0.1, 0.15) is 0 Å². The van der Waals surface area contributed by atoms with Gasteiger partial charge in [0.25, 0.3) is 10.2 Å². The third-order valence-electron chi connectivity index (χ3n) is 5.71. The van der Waals surface area contributed by atoms with E-state index in [1.165, 1.54) is 8.61 Å². The number of hydrogen-bond acceptors (Lipinski definition) is 4. The average molecular weight is 449 g/mol. The van der Waals surface area contributed by atoms with Gasteiger partial charge in [0.15, 0.2) is 17.5 Å². The van der Waals surface area contributed by atoms with Gasteiger partial charge >= 0.3 is 0 Å². The van der Waals surface area contributed by atoms with Gasteiger partial charge in [0.05, 0.1) is 11.7 Å². The van der Waals surface area contributed by atoms with Crippen LogP contribution in [-0.4, -0.2) is 73.1 Å². The molecule has 1 N–H and O–H groups in total. The van der Waals surface area contributed by atoms with Gasteiger partial charge in [-0.1, -0.05) is 12.8 Å². The SMILES string of the molecule is CC(C(=O)Nc1ccc(F)c(F)c1F)N1CCN(S(=O)(=O)N2CCCCCC2)CC1. The number of amides is 1. The van der Waals surface area contributed by atoms with Crippen LogP contribution >= 0.6 is 0 Å². The van der Waals surface area contributed by atoms with E-state index in [0.29, 0.717) is 26.2 Å². The zero-order valence-electron chi connectivity index (χ0n) is 16.9. The van der Waals surface area contributed by atoms with Gasteiger partial charge in [0, 0.05) is 39.3 Å². The highest BCUT2D eigenvalue weighted by Crippen LogP contribution is 2.21. The fourth-order valence-corrected chi connectivity index (χ4v) is 5.45. The van der Waals surface area contributed by atoms with E-state index < -0.39 is 45.3 Å². The minimum atomic E-state index is -3.53. The molecule has 11 heteroatoms. The molecule has 0 radical (unpaired) electrons. The number of anilines is 1. The van der Waals surface area contributed by atoms with Crippen molar-refractivity contribution in [2.45, 2.75) is 38.6 Å². The number of rotatable bonds is 5. The molecule has 1 aromatic carbocycles. The predicted molar refractivity (Wildman–Crippen MR) is 107 cm³/mol. The summed E-state index contributed by atoms with van der Waals surface area (Å²) >= 11 is 0. The Bertz CT molecular complexity index is 868. The van der Waals surface area contributed by atoms with Crippen LogP contribution in [0.4, 0.5) is 18.9 Å². The maximum absolute atomic E-state index is 13.8. The van der Waals surface area contributed by atoms with Crippen LogP contribution in [0, 0.1) is 17.5 Å². The second-order valence-corrected chi connectivity index (χ2v) is 9.57. The number of halogens is 3. The summed E-state index contributed by atoms with van der Waals surface area (Å²) in [6, 6.07) is 1.01. The van der Waals surface area contributed by atoms with Crippen molar-refractivity contribution in [3.63, 3.8) is 0 Å². The molecular formula is C19H27F3N4O3S. The lowest BCUT2D eigenvalue weighted by molar-refractivity contribution is -0.121. The molecule has 2 saturated heterocycles. The summed E-state index contributed by atoms with van der Waals surface area (Å²) < 4.78 is 68.9. The van der Waals surface area contributed by atoms with Gasteiger partial charge in [-0.25, -0.2) is 13.2 Å². The van der Waals surface area contributed by atoms with Crippen molar-refractivity contribution in [1.29, 1.82) is 0 Å². The van der Waals surface area contributed by atoms with Crippen molar-refractivity contribution in [2.75, 3.05) is 44.6 Å². The molecule has 168 valence electrons. The molecule has 30 heavy (non-hydrogen) atoms. The monoisotopic (exact) mass is 448 g/mol. The first-order valence-corrected chi connectivity index (χ1v) is 11.5. The molecule has 2 aliphatic heterocycles. The molecule has 1 aromatic rings. The molecule has 0 bridgehead atoms. The Labute approximate surface area is 175 Å². The molecule has 1 atom stereocenters. The average Bonchev–Trinajstić information content (AvgIpc) is 3.04. The lowest BCUT2D eigenvalue weighted by Gasteiger charge is -2.38. The first-order valence-electron chi connectivity index (χ1n) is 10.2. The zero-order chi connectivity index (χ0) is 21.9. The van der Waals surface area contributed by atoms with E-state index in [-0.39, 0.29) is 13.1 Å². The van der Waals surface area contributed by atoms with Gasteiger partial charge in [-0.15, -0.1) is 0 Å². The molecular weight excluding hydrogens is 421 g/mol. The summed E-state index contributed by atoms with van der Waals surface area (Å²) in [6.45, 7) is 3.82. The third-order valence-corrected chi connectivity index (χ3v) is 7.75. The first-order chi connectivity index (χ1) is 14.2. The first kappa shape index (κ1) is 23.0. The Kier molecular flexibility index (Phi) is 7.38. The molecule has 0 saturated carbocycles. The van der Waals surface area contributed by atoms with Gasteiger partial charge in [-0.05, 0) is 31.9 Å². The second kappa shape index (κ2) is 9.63. The van der Waals surface area contributed by atoms with E-state index in [0.717, 1.165) is 37.8 Å². The minimum Gasteiger partial charge on any atom is -0.322 e. The highest BCUT2D eigenvalue weighted by molar-refractivity contribution is 7.86. The van der Waals surface area contributed by atoms with Crippen LogP contribution < -0.4 is 5.32 Å². The molecule has 0 spiro atoms. The van der Waals surface area contributed by atoms with Crippen LogP contribution in [0.2, 0.25) is 0 Å². The summed E-state index contributed by atoms with van der Waals surface area (Å²) in [5.41, 5.74) is -0.437. The van der Waals surface area contributed by atoms with E-state index in [1.54, 1.807) is 11.8 Å². The Balaban J connectivity index is 1.57. The van der Waals surface area contributed by atoms with Crippen molar-refractivity contribution >= 4 is 21.8 Å². The number of carbonyl (C=O) groups excluding carboxylic acids is 1. The zero-order valence-corrected chi connectivity index (χ0v) is 17.7. The van der Waals surface area contributed by atoms with Crippen molar-refractivity contribution < 1.29 is 26.4 Å². The van der Waals surface area contributed by atoms with Gasteiger partial charge in [-0.2, -0.15) is 17.0 Å². The summed E-state index contributed by atoms with van der Waals surface area (Å²) in [7, 11) is -3.53. The van der Waals surface area contributed by atoms with Crippen LogP contribution in [-0.2, 0) is 15.0 Å². The molecule has 7 nitrogen and oxygen atoms in total. The molecule has 2 aliphatic rings. The number of hydrogen-bond donors (Lipinski definition) is 1. The summed E-state index contributed by atoms with van der Waals surface area (Å²) in [5.74, 6) is -5.01. The highest BCUT2D eigenvalue weighted by atomic mass is 32.2. The third kappa shape index (κ3) is 4.96. The molecule has 3 rings (SSSR count).